The predicted molar refractivity (Wildman–Crippen MR) is 112 cm³/mol. The van der Waals surface area contributed by atoms with Gasteiger partial charge in [-0.1, -0.05) is 48.0 Å². The van der Waals surface area contributed by atoms with E-state index < -0.39 is 0 Å². The van der Waals surface area contributed by atoms with E-state index in [-0.39, 0.29) is 6.03 Å². The zero-order valence-corrected chi connectivity index (χ0v) is 17.2. The molecule has 1 heterocycles. The monoisotopic (exact) mass is 381 g/mol. The van der Waals surface area contributed by atoms with E-state index in [0.29, 0.717) is 13.1 Å². The van der Waals surface area contributed by atoms with Gasteiger partial charge in [0.05, 0.1) is 13.2 Å². The SMILES string of the molecule is Cc1ccc(CN(C)C(=O)NCc2ccc(CN3CCOCC3)cc2)c(C)c1. The van der Waals surface area contributed by atoms with Gasteiger partial charge >= 0.3 is 6.03 Å². The van der Waals surface area contributed by atoms with E-state index >= 15 is 0 Å². The second kappa shape index (κ2) is 9.71. The van der Waals surface area contributed by atoms with Gasteiger partial charge in [0.15, 0.2) is 0 Å². The number of nitrogens with one attached hydrogen (secondary N) is 1. The zero-order chi connectivity index (χ0) is 19.9. The molecule has 1 fully saturated rings. The number of hydrogen-bond acceptors (Lipinski definition) is 3. The molecule has 0 radical (unpaired) electrons. The highest BCUT2D eigenvalue weighted by Crippen LogP contribution is 2.13. The summed E-state index contributed by atoms with van der Waals surface area (Å²) in [7, 11) is 1.83. The van der Waals surface area contributed by atoms with Gasteiger partial charge in [-0.3, -0.25) is 4.90 Å². The molecule has 0 aliphatic carbocycles. The van der Waals surface area contributed by atoms with Crippen molar-refractivity contribution in [3.05, 3.63) is 70.3 Å². The summed E-state index contributed by atoms with van der Waals surface area (Å²) in [5.74, 6) is 0. The van der Waals surface area contributed by atoms with Crippen molar-refractivity contribution in [2.24, 2.45) is 0 Å². The summed E-state index contributed by atoms with van der Waals surface area (Å²) in [5.41, 5.74) is 6.04. The minimum Gasteiger partial charge on any atom is -0.379 e. The molecule has 150 valence electrons. The van der Waals surface area contributed by atoms with Crippen LogP contribution in [0.25, 0.3) is 0 Å². The van der Waals surface area contributed by atoms with Crippen LogP contribution in [-0.4, -0.2) is 49.2 Å². The van der Waals surface area contributed by atoms with Gasteiger partial charge in [-0.15, -0.1) is 0 Å². The molecule has 1 N–H and O–H groups in total. The highest BCUT2D eigenvalue weighted by molar-refractivity contribution is 5.73. The highest BCUT2D eigenvalue weighted by Gasteiger charge is 2.12. The van der Waals surface area contributed by atoms with Crippen molar-refractivity contribution < 1.29 is 9.53 Å². The summed E-state index contributed by atoms with van der Waals surface area (Å²) >= 11 is 0. The number of amides is 2. The lowest BCUT2D eigenvalue weighted by Gasteiger charge is -2.26. The fourth-order valence-electron chi connectivity index (χ4n) is 3.44. The van der Waals surface area contributed by atoms with Gasteiger partial charge in [0, 0.05) is 39.8 Å². The van der Waals surface area contributed by atoms with Crippen molar-refractivity contribution in [3.8, 4) is 0 Å². The largest absolute Gasteiger partial charge is 0.379 e. The second-order valence-corrected chi connectivity index (χ2v) is 7.65. The van der Waals surface area contributed by atoms with Crippen molar-refractivity contribution in [2.75, 3.05) is 33.4 Å². The summed E-state index contributed by atoms with van der Waals surface area (Å²) in [6, 6.07) is 14.8. The molecule has 1 aliphatic rings. The third-order valence-corrected chi connectivity index (χ3v) is 5.23. The van der Waals surface area contributed by atoms with Crippen LogP contribution in [0.15, 0.2) is 42.5 Å². The number of nitrogens with zero attached hydrogens (tertiary/aromatic N) is 2. The molecule has 0 unspecified atom stereocenters. The normalized spacial score (nSPS) is 14.7. The number of hydrogen-bond donors (Lipinski definition) is 1. The Morgan fingerprint density at radius 2 is 1.75 bits per heavy atom. The molecular weight excluding hydrogens is 350 g/mol. The number of benzene rings is 2. The number of carbonyl (C=O) groups excluding carboxylic acids is 1. The summed E-state index contributed by atoms with van der Waals surface area (Å²) in [5, 5.41) is 3.01. The van der Waals surface area contributed by atoms with Crippen LogP contribution in [0.4, 0.5) is 4.79 Å². The third kappa shape index (κ3) is 5.81. The quantitative estimate of drug-likeness (QED) is 0.833. The van der Waals surface area contributed by atoms with Crippen molar-refractivity contribution in [2.45, 2.75) is 33.5 Å². The maximum Gasteiger partial charge on any atom is 0.317 e. The van der Waals surface area contributed by atoms with E-state index in [2.05, 4.69) is 66.5 Å². The minimum absolute atomic E-state index is 0.0580. The Balaban J connectivity index is 1.46. The van der Waals surface area contributed by atoms with Crippen LogP contribution >= 0.6 is 0 Å². The van der Waals surface area contributed by atoms with Gasteiger partial charge in [-0.05, 0) is 36.1 Å². The van der Waals surface area contributed by atoms with Crippen molar-refractivity contribution in [1.29, 1.82) is 0 Å². The van der Waals surface area contributed by atoms with Crippen LogP contribution in [0.1, 0.15) is 27.8 Å². The van der Waals surface area contributed by atoms with Crippen molar-refractivity contribution >= 4 is 6.03 Å². The molecule has 0 saturated carbocycles. The first kappa shape index (κ1) is 20.4. The first-order chi connectivity index (χ1) is 13.5. The highest BCUT2D eigenvalue weighted by atomic mass is 16.5. The summed E-state index contributed by atoms with van der Waals surface area (Å²) < 4.78 is 5.39. The van der Waals surface area contributed by atoms with E-state index in [1.807, 2.05) is 7.05 Å². The molecule has 0 bridgehead atoms. The van der Waals surface area contributed by atoms with E-state index in [1.165, 1.54) is 22.3 Å². The molecule has 2 amide bonds. The molecule has 1 aliphatic heterocycles. The topological polar surface area (TPSA) is 44.8 Å². The standard InChI is InChI=1S/C23H31N3O2/c1-18-4-9-22(19(2)14-18)17-25(3)23(27)24-15-20-5-7-21(8-6-20)16-26-10-12-28-13-11-26/h4-9,14H,10-13,15-17H2,1-3H3,(H,24,27). The van der Waals surface area contributed by atoms with Gasteiger partial charge in [-0.2, -0.15) is 0 Å². The van der Waals surface area contributed by atoms with Crippen LogP contribution in [-0.2, 0) is 24.4 Å². The van der Waals surface area contributed by atoms with Crippen LogP contribution in [0, 0.1) is 13.8 Å². The Hall–Kier alpha value is -2.37. The third-order valence-electron chi connectivity index (χ3n) is 5.23. The van der Waals surface area contributed by atoms with Gasteiger partial charge in [0.1, 0.15) is 0 Å². The molecule has 2 aromatic rings. The number of urea groups is 1. The minimum atomic E-state index is -0.0580. The lowest BCUT2D eigenvalue weighted by atomic mass is 10.1. The number of aryl methyl sites for hydroxylation is 2. The van der Waals surface area contributed by atoms with E-state index in [0.717, 1.165) is 38.4 Å². The molecule has 28 heavy (non-hydrogen) atoms. The van der Waals surface area contributed by atoms with Gasteiger partial charge < -0.3 is 15.0 Å². The van der Waals surface area contributed by atoms with E-state index in [4.69, 9.17) is 4.74 Å². The first-order valence-electron chi connectivity index (χ1n) is 9.94. The molecule has 0 spiro atoms. The van der Waals surface area contributed by atoms with Gasteiger partial charge in [-0.25, -0.2) is 4.79 Å². The molecular formula is C23H31N3O2. The molecule has 5 nitrogen and oxygen atoms in total. The van der Waals surface area contributed by atoms with Crippen LogP contribution in [0.2, 0.25) is 0 Å². The number of carbonyl (C=O) groups is 1. The maximum absolute atomic E-state index is 12.4. The molecule has 1 saturated heterocycles. The molecule has 2 aromatic carbocycles. The Morgan fingerprint density at radius 1 is 1.07 bits per heavy atom. The maximum atomic E-state index is 12.4. The Kier molecular flexibility index (Phi) is 7.06. The fraction of sp³-hybridized carbons (Fsp3) is 0.435. The lowest BCUT2D eigenvalue weighted by molar-refractivity contribution is 0.0342. The average molecular weight is 382 g/mol. The summed E-state index contributed by atoms with van der Waals surface area (Å²) in [4.78, 5) is 16.6. The summed E-state index contributed by atoms with van der Waals surface area (Å²) in [6.45, 7) is 9.89. The molecule has 3 rings (SSSR count). The van der Waals surface area contributed by atoms with Crippen LogP contribution in [0.3, 0.4) is 0 Å². The van der Waals surface area contributed by atoms with E-state index in [1.54, 1.807) is 4.90 Å². The Bertz CT molecular complexity index is 783. The van der Waals surface area contributed by atoms with Gasteiger partial charge in [0.2, 0.25) is 0 Å². The molecule has 5 heteroatoms. The molecule has 0 aromatic heterocycles. The smallest absolute Gasteiger partial charge is 0.317 e. The van der Waals surface area contributed by atoms with Crippen molar-refractivity contribution in [1.82, 2.24) is 15.1 Å². The number of morpholine rings is 1. The fourth-order valence-corrected chi connectivity index (χ4v) is 3.44. The van der Waals surface area contributed by atoms with Gasteiger partial charge in [0.25, 0.3) is 0 Å². The predicted octanol–water partition coefficient (Wildman–Crippen LogP) is 3.48. The number of ether oxygens (including phenoxy) is 1. The second-order valence-electron chi connectivity index (χ2n) is 7.65. The van der Waals surface area contributed by atoms with Crippen LogP contribution in [0.5, 0.6) is 0 Å². The van der Waals surface area contributed by atoms with Crippen LogP contribution < -0.4 is 5.32 Å². The average Bonchev–Trinajstić information content (AvgIpc) is 2.70. The van der Waals surface area contributed by atoms with E-state index in [9.17, 15) is 4.79 Å². The summed E-state index contributed by atoms with van der Waals surface area (Å²) in [6.07, 6.45) is 0. The lowest BCUT2D eigenvalue weighted by Crippen LogP contribution is -2.36. The number of rotatable bonds is 6. The molecule has 0 atom stereocenters. The Labute approximate surface area is 168 Å². The van der Waals surface area contributed by atoms with Crippen molar-refractivity contribution in [3.63, 3.8) is 0 Å². The Morgan fingerprint density at radius 3 is 2.43 bits per heavy atom. The zero-order valence-electron chi connectivity index (χ0n) is 17.2. The first-order valence-corrected chi connectivity index (χ1v) is 9.94.